The number of aliphatic hydroxyl groups excluding tert-OH is 1. The Morgan fingerprint density at radius 1 is 1.02 bits per heavy atom. The minimum Gasteiger partial charge on any atom is -0.461 e. The third kappa shape index (κ3) is 4.84. The molecule has 40 heavy (non-hydrogen) atoms. The van der Waals surface area contributed by atoms with Crippen molar-refractivity contribution in [3.8, 4) is 0 Å². The maximum absolute atomic E-state index is 13.7. The van der Waals surface area contributed by atoms with Crippen LogP contribution in [0.1, 0.15) is 41.6 Å². The topological polar surface area (TPSA) is 109 Å². The van der Waals surface area contributed by atoms with Gasteiger partial charge in [0.05, 0.1) is 35.3 Å². The molecule has 2 amide bonds. The monoisotopic (exact) mass is 573 g/mol. The number of imide groups is 1. The van der Waals surface area contributed by atoms with Gasteiger partial charge in [-0.2, -0.15) is 26.3 Å². The lowest BCUT2D eigenvalue weighted by Gasteiger charge is -2.41. The van der Waals surface area contributed by atoms with E-state index in [0.29, 0.717) is 22.6 Å². The molecule has 0 bridgehead atoms. The van der Waals surface area contributed by atoms with E-state index in [-0.39, 0.29) is 42.5 Å². The maximum atomic E-state index is 13.7. The number of carbonyl (C=O) groups is 2. The van der Waals surface area contributed by atoms with E-state index in [0.717, 1.165) is 0 Å². The van der Waals surface area contributed by atoms with Crippen LogP contribution >= 0.6 is 0 Å². The Kier molecular flexibility index (Phi) is 7.13. The summed E-state index contributed by atoms with van der Waals surface area (Å²) in [7, 11) is -0.193. The number of amides is 2. The number of alkyl halides is 6. The molecule has 2 aromatic rings. The van der Waals surface area contributed by atoms with Crippen molar-refractivity contribution < 1.29 is 59.9 Å². The van der Waals surface area contributed by atoms with Gasteiger partial charge in [-0.15, -0.1) is 0 Å². The third-order valence-electron chi connectivity index (χ3n) is 7.52. The number of hydrogen-bond donors (Lipinski definition) is 2. The van der Waals surface area contributed by atoms with Crippen LogP contribution in [-0.4, -0.2) is 42.8 Å². The highest BCUT2D eigenvalue weighted by Gasteiger charge is 2.58. The number of furan rings is 1. The van der Waals surface area contributed by atoms with Gasteiger partial charge in [-0.25, -0.2) is 4.90 Å². The molecule has 5 rings (SSSR count). The standard InChI is InChI=1S/C25H22BF6NO7/c1-38-10-11-4-17-20(16-8-19(40-26(37)21(11)16)18-3-2-15(9-34)39-18)23(36)33(22(17)35)14-6-12(24(27,28)29)5-13(7-14)25(30,31)32/h2-3,5-7,16-17,19-20,34,37H,4,8-10H2,1H3/t16-,17-,19-,20+/m0/s1. The number of carbonyl (C=O) groups excluding carboxylic acids is 2. The van der Waals surface area contributed by atoms with E-state index in [9.17, 15) is 46.1 Å². The zero-order valence-electron chi connectivity index (χ0n) is 20.8. The lowest BCUT2D eigenvalue weighted by Crippen LogP contribution is -2.45. The average Bonchev–Trinajstić information content (AvgIpc) is 3.45. The molecule has 8 nitrogen and oxygen atoms in total. The van der Waals surface area contributed by atoms with Crippen LogP contribution in [0.3, 0.4) is 0 Å². The summed E-state index contributed by atoms with van der Waals surface area (Å²) >= 11 is 0. The molecule has 2 aliphatic heterocycles. The number of anilines is 1. The summed E-state index contributed by atoms with van der Waals surface area (Å²) in [6, 6.07) is 3.58. The van der Waals surface area contributed by atoms with Gasteiger partial charge in [0.25, 0.3) is 0 Å². The van der Waals surface area contributed by atoms with Crippen molar-refractivity contribution in [1.82, 2.24) is 0 Å². The Balaban J connectivity index is 1.57. The second-order valence-corrected chi connectivity index (χ2v) is 9.89. The van der Waals surface area contributed by atoms with Gasteiger partial charge in [0.15, 0.2) is 0 Å². The average molecular weight is 573 g/mol. The number of hydrogen-bond acceptors (Lipinski definition) is 7. The molecule has 0 radical (unpaired) electrons. The normalized spacial score (nSPS) is 25.5. The number of allylic oxidation sites excluding steroid dienone is 1. The fraction of sp³-hybridized carbons (Fsp3) is 0.440. The van der Waals surface area contributed by atoms with Gasteiger partial charge in [0, 0.05) is 7.11 Å². The van der Waals surface area contributed by atoms with Gasteiger partial charge in [-0.3, -0.25) is 9.59 Å². The van der Waals surface area contributed by atoms with E-state index in [1.54, 1.807) is 0 Å². The van der Waals surface area contributed by atoms with Crippen LogP contribution in [-0.2, 0) is 37.9 Å². The Labute approximate surface area is 223 Å². The van der Waals surface area contributed by atoms with E-state index < -0.39 is 78.6 Å². The Hall–Kier alpha value is -3.14. The van der Waals surface area contributed by atoms with Crippen LogP contribution in [0.5, 0.6) is 0 Å². The molecule has 214 valence electrons. The fourth-order valence-corrected chi connectivity index (χ4v) is 5.88. The van der Waals surface area contributed by atoms with Crippen molar-refractivity contribution in [2.75, 3.05) is 18.6 Å². The first-order valence-corrected chi connectivity index (χ1v) is 12.2. The van der Waals surface area contributed by atoms with Crippen LogP contribution in [0.25, 0.3) is 0 Å². The summed E-state index contributed by atoms with van der Waals surface area (Å²) in [6.07, 6.45) is -11.4. The fourth-order valence-electron chi connectivity index (χ4n) is 5.88. The van der Waals surface area contributed by atoms with Crippen LogP contribution < -0.4 is 4.90 Å². The highest BCUT2D eigenvalue weighted by Crippen LogP contribution is 2.52. The Morgan fingerprint density at radius 3 is 2.23 bits per heavy atom. The molecule has 3 aliphatic rings. The zero-order chi connectivity index (χ0) is 29.1. The van der Waals surface area contributed by atoms with Crippen molar-refractivity contribution >= 4 is 24.6 Å². The quantitative estimate of drug-likeness (QED) is 0.316. The number of nitrogens with zero attached hydrogens (tertiary/aromatic N) is 1. The van der Waals surface area contributed by atoms with Crippen LogP contribution in [0.15, 0.2) is 45.8 Å². The second kappa shape index (κ2) is 10.0. The maximum Gasteiger partial charge on any atom is 0.487 e. The number of rotatable bonds is 5. The number of methoxy groups -OCH3 is 1. The highest BCUT2D eigenvalue weighted by atomic mass is 19.4. The zero-order valence-corrected chi connectivity index (χ0v) is 20.8. The van der Waals surface area contributed by atoms with E-state index in [2.05, 4.69) is 0 Å². The minimum absolute atomic E-state index is 0.00239. The van der Waals surface area contributed by atoms with E-state index in [4.69, 9.17) is 13.8 Å². The molecule has 0 saturated carbocycles. The molecule has 15 heteroatoms. The van der Waals surface area contributed by atoms with Crippen molar-refractivity contribution in [3.63, 3.8) is 0 Å². The predicted octanol–water partition coefficient (Wildman–Crippen LogP) is 4.06. The summed E-state index contributed by atoms with van der Waals surface area (Å²) in [4.78, 5) is 27.6. The summed E-state index contributed by atoms with van der Waals surface area (Å²) in [5, 5.41) is 20.2. The molecule has 2 N–H and O–H groups in total. The smallest absolute Gasteiger partial charge is 0.461 e. The largest absolute Gasteiger partial charge is 0.487 e. The minimum atomic E-state index is -5.18. The highest BCUT2D eigenvalue weighted by molar-refractivity contribution is 6.53. The van der Waals surface area contributed by atoms with Crippen molar-refractivity contribution in [2.45, 2.75) is 37.9 Å². The lowest BCUT2D eigenvalue weighted by atomic mass is 9.55. The Bertz CT molecular complexity index is 1340. The van der Waals surface area contributed by atoms with Crippen LogP contribution in [0.4, 0.5) is 32.0 Å². The van der Waals surface area contributed by atoms with Crippen LogP contribution in [0, 0.1) is 17.8 Å². The first-order valence-electron chi connectivity index (χ1n) is 12.2. The number of ether oxygens (including phenoxy) is 1. The number of aliphatic hydroxyl groups is 1. The van der Waals surface area contributed by atoms with Gasteiger partial charge in [-0.1, -0.05) is 0 Å². The first kappa shape index (κ1) is 28.4. The number of benzene rings is 1. The van der Waals surface area contributed by atoms with Crippen molar-refractivity contribution in [3.05, 3.63) is 64.0 Å². The lowest BCUT2D eigenvalue weighted by molar-refractivity contribution is -0.143. The summed E-state index contributed by atoms with van der Waals surface area (Å²) < 4.78 is 97.4. The van der Waals surface area contributed by atoms with E-state index in [1.165, 1.54) is 19.2 Å². The first-order chi connectivity index (χ1) is 18.7. The van der Waals surface area contributed by atoms with Gasteiger partial charge in [-0.05, 0) is 60.1 Å². The second-order valence-electron chi connectivity index (χ2n) is 9.89. The van der Waals surface area contributed by atoms with Gasteiger partial charge in [0.2, 0.25) is 11.8 Å². The summed E-state index contributed by atoms with van der Waals surface area (Å²) in [6.45, 7) is -0.468. The number of fused-ring (bicyclic) bond motifs is 3. The molecule has 3 heterocycles. The molecule has 1 aliphatic carbocycles. The molecule has 0 spiro atoms. The van der Waals surface area contributed by atoms with Crippen LogP contribution in [0.2, 0.25) is 0 Å². The SMILES string of the molecule is COCC1=C2B(O)O[C@H](c3ccc(CO)o3)C[C@H]2[C@H]2C(=O)N(c3cc(C(F)(F)F)cc(C(F)(F)F)c3)C(=O)[C@H]2C1. The van der Waals surface area contributed by atoms with Gasteiger partial charge < -0.3 is 23.9 Å². The van der Waals surface area contributed by atoms with Gasteiger partial charge >= 0.3 is 19.5 Å². The van der Waals surface area contributed by atoms with E-state index >= 15 is 0 Å². The molecule has 2 fully saturated rings. The summed E-state index contributed by atoms with van der Waals surface area (Å²) in [5.41, 5.74) is -3.45. The molecular formula is C25H22BF6NO7. The van der Waals surface area contributed by atoms with Gasteiger partial charge in [0.1, 0.15) is 24.2 Å². The molecule has 4 atom stereocenters. The number of halogens is 6. The predicted molar refractivity (Wildman–Crippen MR) is 124 cm³/mol. The molecular weight excluding hydrogens is 551 g/mol. The molecule has 1 aromatic heterocycles. The molecule has 1 aromatic carbocycles. The third-order valence-corrected chi connectivity index (χ3v) is 7.52. The van der Waals surface area contributed by atoms with Crippen molar-refractivity contribution in [1.29, 1.82) is 0 Å². The molecule has 2 saturated heterocycles. The Morgan fingerprint density at radius 2 is 1.68 bits per heavy atom. The summed E-state index contributed by atoms with van der Waals surface area (Å²) in [5.74, 6) is -4.68. The van der Waals surface area contributed by atoms with Crippen molar-refractivity contribution in [2.24, 2.45) is 17.8 Å². The molecule has 0 unspecified atom stereocenters. The van der Waals surface area contributed by atoms with E-state index in [1.807, 2.05) is 0 Å².